The molecule has 0 saturated heterocycles. The summed E-state index contributed by atoms with van der Waals surface area (Å²) in [5.74, 6) is 0.704. The van der Waals surface area contributed by atoms with Gasteiger partial charge in [-0.2, -0.15) is 0 Å². The number of hydrogen-bond acceptors (Lipinski definition) is 5. The van der Waals surface area contributed by atoms with Crippen LogP contribution in [0, 0.1) is 0 Å². The van der Waals surface area contributed by atoms with Crippen molar-refractivity contribution in [3.8, 4) is 5.75 Å². The van der Waals surface area contributed by atoms with Crippen LogP contribution >= 0.6 is 11.6 Å². The third-order valence-electron chi connectivity index (χ3n) is 2.42. The van der Waals surface area contributed by atoms with Crippen molar-refractivity contribution in [2.24, 2.45) is 10.9 Å². The average molecular weight is 285 g/mol. The fraction of sp³-hybridized carbons (Fsp3) is 0.333. The average Bonchev–Trinajstić information content (AvgIpc) is 2.84. The smallest absolute Gasteiger partial charge is 0.404 e. The van der Waals surface area contributed by atoms with E-state index in [9.17, 15) is 4.79 Å². The predicted octanol–water partition coefficient (Wildman–Crippen LogP) is 1.96. The van der Waals surface area contributed by atoms with Gasteiger partial charge in [0.25, 0.3) is 0 Å². The summed E-state index contributed by atoms with van der Waals surface area (Å²) >= 11 is 5.77. The van der Waals surface area contributed by atoms with Crippen molar-refractivity contribution < 1.29 is 19.1 Å². The third-order valence-corrected chi connectivity index (χ3v) is 2.68. The summed E-state index contributed by atoms with van der Waals surface area (Å²) in [5.41, 5.74) is 5.49. The minimum absolute atomic E-state index is 0.0484. The molecule has 6 nitrogen and oxygen atoms in total. The van der Waals surface area contributed by atoms with Crippen LogP contribution in [-0.4, -0.2) is 31.1 Å². The van der Waals surface area contributed by atoms with E-state index in [0.29, 0.717) is 29.5 Å². The maximum Gasteiger partial charge on any atom is 0.404 e. The lowest BCUT2D eigenvalue weighted by Crippen LogP contribution is -2.21. The summed E-state index contributed by atoms with van der Waals surface area (Å²) in [6, 6.07) is 7.04. The van der Waals surface area contributed by atoms with Crippen molar-refractivity contribution >= 4 is 23.4 Å². The second kappa shape index (κ2) is 6.29. The van der Waals surface area contributed by atoms with Gasteiger partial charge in [-0.1, -0.05) is 16.8 Å². The van der Waals surface area contributed by atoms with Gasteiger partial charge in [0.05, 0.1) is 5.71 Å². The molecule has 1 heterocycles. The van der Waals surface area contributed by atoms with Crippen molar-refractivity contribution in [3.63, 3.8) is 0 Å². The Hall–Kier alpha value is -1.95. The first-order valence-electron chi connectivity index (χ1n) is 5.65. The number of hydrogen-bond donors (Lipinski definition) is 1. The van der Waals surface area contributed by atoms with Crippen LogP contribution < -0.4 is 10.5 Å². The molecule has 2 rings (SSSR count). The molecule has 1 unspecified atom stereocenters. The highest BCUT2D eigenvalue weighted by atomic mass is 35.5. The topological polar surface area (TPSA) is 83.1 Å². The van der Waals surface area contributed by atoms with Gasteiger partial charge >= 0.3 is 6.09 Å². The van der Waals surface area contributed by atoms with Crippen LogP contribution in [0.25, 0.3) is 0 Å². The van der Waals surface area contributed by atoms with Crippen LogP contribution in [-0.2, 0) is 9.57 Å². The lowest BCUT2D eigenvalue weighted by atomic mass is 10.2. The van der Waals surface area contributed by atoms with Gasteiger partial charge in [0.2, 0.25) is 0 Å². The van der Waals surface area contributed by atoms with Crippen LogP contribution in [0.4, 0.5) is 4.79 Å². The molecule has 1 aliphatic rings. The van der Waals surface area contributed by atoms with Gasteiger partial charge < -0.3 is 20.0 Å². The maximum atomic E-state index is 10.4. The van der Waals surface area contributed by atoms with Crippen molar-refractivity contribution in [3.05, 3.63) is 29.3 Å². The van der Waals surface area contributed by atoms with Crippen molar-refractivity contribution in [2.75, 3.05) is 13.2 Å². The number of carbonyl (C=O) groups is 1. The van der Waals surface area contributed by atoms with Crippen LogP contribution in [0.2, 0.25) is 5.02 Å². The zero-order valence-electron chi connectivity index (χ0n) is 10.0. The molecule has 0 spiro atoms. The quantitative estimate of drug-likeness (QED) is 0.896. The first-order chi connectivity index (χ1) is 9.13. The highest BCUT2D eigenvalue weighted by Crippen LogP contribution is 2.17. The van der Waals surface area contributed by atoms with E-state index in [0.717, 1.165) is 0 Å². The molecule has 1 aliphatic heterocycles. The molecule has 19 heavy (non-hydrogen) atoms. The normalized spacial score (nSPS) is 17.5. The molecule has 1 atom stereocenters. The third kappa shape index (κ3) is 4.33. The molecule has 0 aromatic heterocycles. The lowest BCUT2D eigenvalue weighted by Gasteiger charge is -2.10. The van der Waals surface area contributed by atoms with Crippen LogP contribution in [0.5, 0.6) is 5.75 Å². The van der Waals surface area contributed by atoms with E-state index < -0.39 is 6.09 Å². The van der Waals surface area contributed by atoms with E-state index in [1.807, 2.05) is 0 Å². The first kappa shape index (κ1) is 13.5. The Bertz CT molecular complexity index is 475. The Morgan fingerprint density at radius 1 is 1.47 bits per heavy atom. The molecular formula is C12H13ClN2O4. The van der Waals surface area contributed by atoms with Crippen LogP contribution in [0.3, 0.4) is 0 Å². The molecule has 102 valence electrons. The van der Waals surface area contributed by atoms with E-state index in [2.05, 4.69) is 9.89 Å². The molecule has 1 amide bonds. The minimum Gasteiger partial charge on any atom is -0.490 e. The van der Waals surface area contributed by atoms with E-state index in [1.165, 1.54) is 0 Å². The summed E-state index contributed by atoms with van der Waals surface area (Å²) in [6.45, 7) is 0.401. The van der Waals surface area contributed by atoms with E-state index in [-0.39, 0.29) is 12.7 Å². The summed E-state index contributed by atoms with van der Waals surface area (Å²) < 4.78 is 10.2. The number of nitrogens with two attached hydrogens (primary N) is 1. The Balaban J connectivity index is 1.71. The zero-order chi connectivity index (χ0) is 13.7. The van der Waals surface area contributed by atoms with Crippen molar-refractivity contribution in [1.29, 1.82) is 0 Å². The summed E-state index contributed by atoms with van der Waals surface area (Å²) in [5, 5.41) is 4.45. The predicted molar refractivity (Wildman–Crippen MR) is 69.4 cm³/mol. The molecule has 1 aromatic rings. The molecule has 1 aromatic carbocycles. The summed E-state index contributed by atoms with van der Waals surface area (Å²) in [7, 11) is 0. The van der Waals surface area contributed by atoms with Gasteiger partial charge in [0, 0.05) is 11.4 Å². The molecule has 0 fully saturated rings. The fourth-order valence-electron chi connectivity index (χ4n) is 1.54. The monoisotopic (exact) mass is 284 g/mol. The van der Waals surface area contributed by atoms with Gasteiger partial charge in [-0.25, -0.2) is 4.79 Å². The van der Waals surface area contributed by atoms with Gasteiger partial charge in [-0.3, -0.25) is 0 Å². The number of amides is 1. The number of carbonyl (C=O) groups excluding carboxylic acids is 1. The standard InChI is InChI=1S/C12H13ClN2O4/c13-8-1-3-10(4-2-8)17-7-11-5-9(15-19-11)6-18-12(14)16/h1-4,11H,5-7H2,(H2,14,16). The van der Waals surface area contributed by atoms with Gasteiger partial charge in [0.1, 0.15) is 19.0 Å². The highest BCUT2D eigenvalue weighted by Gasteiger charge is 2.22. The van der Waals surface area contributed by atoms with Gasteiger partial charge in [0.15, 0.2) is 6.10 Å². The summed E-state index contributed by atoms with van der Waals surface area (Å²) in [4.78, 5) is 15.6. The van der Waals surface area contributed by atoms with Crippen LogP contribution in [0.15, 0.2) is 29.4 Å². The lowest BCUT2D eigenvalue weighted by molar-refractivity contribution is 0.0470. The molecule has 2 N–H and O–H groups in total. The van der Waals surface area contributed by atoms with E-state index in [1.54, 1.807) is 24.3 Å². The number of benzene rings is 1. The van der Waals surface area contributed by atoms with E-state index in [4.69, 9.17) is 26.9 Å². The fourth-order valence-corrected chi connectivity index (χ4v) is 1.66. The van der Waals surface area contributed by atoms with Gasteiger partial charge in [-0.05, 0) is 24.3 Å². The molecule has 0 bridgehead atoms. The second-order valence-corrected chi connectivity index (χ2v) is 4.40. The van der Waals surface area contributed by atoms with Crippen LogP contribution in [0.1, 0.15) is 6.42 Å². The first-order valence-corrected chi connectivity index (χ1v) is 6.03. The Morgan fingerprint density at radius 3 is 2.89 bits per heavy atom. The largest absolute Gasteiger partial charge is 0.490 e. The SMILES string of the molecule is NC(=O)OCC1=NOC(COc2ccc(Cl)cc2)C1. The van der Waals surface area contributed by atoms with Crippen molar-refractivity contribution in [1.82, 2.24) is 0 Å². The van der Waals surface area contributed by atoms with E-state index >= 15 is 0 Å². The van der Waals surface area contributed by atoms with Crippen molar-refractivity contribution in [2.45, 2.75) is 12.5 Å². The maximum absolute atomic E-state index is 10.4. The molecule has 0 saturated carbocycles. The second-order valence-electron chi connectivity index (χ2n) is 3.96. The number of halogens is 1. The summed E-state index contributed by atoms with van der Waals surface area (Å²) in [6.07, 6.45) is -0.480. The molecule has 7 heteroatoms. The highest BCUT2D eigenvalue weighted by molar-refractivity contribution is 6.30. The minimum atomic E-state index is -0.830. The molecular weight excluding hydrogens is 272 g/mol. The number of rotatable bonds is 5. The number of primary amides is 1. The Morgan fingerprint density at radius 2 is 2.21 bits per heavy atom. The Kier molecular flexibility index (Phi) is 4.46. The number of nitrogens with zero attached hydrogens (tertiary/aromatic N) is 1. The number of ether oxygens (including phenoxy) is 2. The Labute approximate surface area is 115 Å². The van der Waals surface area contributed by atoms with Gasteiger partial charge in [-0.15, -0.1) is 0 Å². The molecule has 0 radical (unpaired) electrons. The zero-order valence-corrected chi connectivity index (χ0v) is 10.8. The number of oxime groups is 1. The molecule has 0 aliphatic carbocycles.